The van der Waals surface area contributed by atoms with Crippen LogP contribution in [0.2, 0.25) is 0 Å². The minimum absolute atomic E-state index is 0.0750. The Morgan fingerprint density at radius 2 is 2.00 bits per heavy atom. The van der Waals surface area contributed by atoms with Crippen LogP contribution in [0.4, 0.5) is 0 Å². The second-order valence-corrected chi connectivity index (χ2v) is 4.33. The molecule has 5 heteroatoms. The molecule has 1 rings (SSSR count). The Balaban J connectivity index is 2.89. The average molecular weight is 252 g/mol. The number of ether oxygens (including phenoxy) is 2. The van der Waals surface area contributed by atoms with E-state index in [2.05, 4.69) is 0 Å². The lowest BCUT2D eigenvalue weighted by Crippen LogP contribution is -2.30. The number of nitrogens with two attached hydrogens (primary N) is 2. The van der Waals surface area contributed by atoms with E-state index in [0.717, 1.165) is 12.0 Å². The van der Waals surface area contributed by atoms with Gasteiger partial charge in [0.15, 0.2) is 17.6 Å². The van der Waals surface area contributed by atoms with Gasteiger partial charge in [0.05, 0.1) is 7.11 Å². The lowest BCUT2D eigenvalue weighted by Gasteiger charge is -2.15. The van der Waals surface area contributed by atoms with E-state index in [1.54, 1.807) is 20.1 Å². The number of hydrogen-bond donors (Lipinski definition) is 2. The molecule has 0 aromatic heterocycles. The van der Waals surface area contributed by atoms with Gasteiger partial charge in [-0.05, 0) is 38.0 Å². The van der Waals surface area contributed by atoms with Gasteiger partial charge in [-0.15, -0.1) is 0 Å². The van der Waals surface area contributed by atoms with Gasteiger partial charge in [0, 0.05) is 6.04 Å². The number of carbonyl (C=O) groups excluding carboxylic acids is 1. The molecule has 5 nitrogen and oxygen atoms in total. The van der Waals surface area contributed by atoms with Gasteiger partial charge in [0.25, 0.3) is 5.91 Å². The Labute approximate surface area is 107 Å². The van der Waals surface area contributed by atoms with Gasteiger partial charge in [0.1, 0.15) is 0 Å². The van der Waals surface area contributed by atoms with Crippen molar-refractivity contribution in [2.75, 3.05) is 7.11 Å². The fraction of sp³-hybridized carbons (Fsp3) is 0.462. The molecule has 0 heterocycles. The smallest absolute Gasteiger partial charge is 0.258 e. The zero-order valence-corrected chi connectivity index (χ0v) is 11.0. The molecule has 0 saturated carbocycles. The van der Waals surface area contributed by atoms with E-state index >= 15 is 0 Å². The van der Waals surface area contributed by atoms with Crippen molar-refractivity contribution in [3.63, 3.8) is 0 Å². The van der Waals surface area contributed by atoms with Crippen molar-refractivity contribution in [2.45, 2.75) is 32.4 Å². The molecule has 0 radical (unpaired) electrons. The van der Waals surface area contributed by atoms with E-state index in [1.165, 1.54) is 0 Å². The SMILES string of the molecule is COc1cc(CC(C)N)ccc1OC(C)C(N)=O. The maximum Gasteiger partial charge on any atom is 0.258 e. The number of carbonyl (C=O) groups is 1. The van der Waals surface area contributed by atoms with Crippen LogP contribution < -0.4 is 20.9 Å². The number of amides is 1. The molecular weight excluding hydrogens is 232 g/mol. The predicted molar refractivity (Wildman–Crippen MR) is 69.6 cm³/mol. The highest BCUT2D eigenvalue weighted by molar-refractivity contribution is 5.78. The molecular formula is C13H20N2O3. The first-order valence-electron chi connectivity index (χ1n) is 5.82. The Morgan fingerprint density at radius 1 is 1.33 bits per heavy atom. The summed E-state index contributed by atoms with van der Waals surface area (Å²) >= 11 is 0. The molecule has 1 aromatic rings. The molecule has 0 aliphatic heterocycles. The van der Waals surface area contributed by atoms with Gasteiger partial charge in [0.2, 0.25) is 0 Å². The van der Waals surface area contributed by atoms with Crippen molar-refractivity contribution in [1.29, 1.82) is 0 Å². The van der Waals surface area contributed by atoms with Crippen molar-refractivity contribution in [3.8, 4) is 11.5 Å². The van der Waals surface area contributed by atoms with Crippen LogP contribution >= 0.6 is 0 Å². The Bertz CT molecular complexity index is 419. The van der Waals surface area contributed by atoms with Crippen molar-refractivity contribution < 1.29 is 14.3 Å². The van der Waals surface area contributed by atoms with E-state index in [-0.39, 0.29) is 6.04 Å². The summed E-state index contributed by atoms with van der Waals surface area (Å²) in [7, 11) is 1.55. The lowest BCUT2D eigenvalue weighted by molar-refractivity contribution is -0.124. The molecule has 0 fully saturated rings. The Kier molecular flexibility index (Phi) is 4.97. The highest BCUT2D eigenvalue weighted by Gasteiger charge is 2.14. The quantitative estimate of drug-likeness (QED) is 0.785. The first-order valence-corrected chi connectivity index (χ1v) is 5.82. The van der Waals surface area contributed by atoms with Crippen LogP contribution in [-0.4, -0.2) is 25.2 Å². The van der Waals surface area contributed by atoms with Gasteiger partial charge in [-0.25, -0.2) is 0 Å². The lowest BCUT2D eigenvalue weighted by atomic mass is 10.1. The third-order valence-corrected chi connectivity index (χ3v) is 2.49. The number of primary amides is 1. The maximum atomic E-state index is 11.0. The van der Waals surface area contributed by atoms with Crippen molar-refractivity contribution in [2.24, 2.45) is 11.5 Å². The second-order valence-electron chi connectivity index (χ2n) is 4.33. The first-order chi connectivity index (χ1) is 8.43. The Hall–Kier alpha value is -1.75. The van der Waals surface area contributed by atoms with Crippen molar-refractivity contribution in [1.82, 2.24) is 0 Å². The largest absolute Gasteiger partial charge is 0.493 e. The van der Waals surface area contributed by atoms with Crippen LogP contribution in [-0.2, 0) is 11.2 Å². The van der Waals surface area contributed by atoms with Crippen LogP contribution in [0, 0.1) is 0 Å². The van der Waals surface area contributed by atoms with Crippen molar-refractivity contribution >= 4 is 5.91 Å². The third-order valence-electron chi connectivity index (χ3n) is 2.49. The number of rotatable bonds is 6. The molecule has 1 aromatic carbocycles. The number of methoxy groups -OCH3 is 1. The summed E-state index contributed by atoms with van der Waals surface area (Å²) in [5.41, 5.74) is 11.9. The van der Waals surface area contributed by atoms with E-state index in [0.29, 0.717) is 11.5 Å². The zero-order chi connectivity index (χ0) is 13.7. The zero-order valence-electron chi connectivity index (χ0n) is 11.0. The molecule has 18 heavy (non-hydrogen) atoms. The van der Waals surface area contributed by atoms with E-state index < -0.39 is 12.0 Å². The third kappa shape index (κ3) is 3.92. The summed E-state index contributed by atoms with van der Waals surface area (Å²) in [4.78, 5) is 11.0. The molecule has 4 N–H and O–H groups in total. The summed E-state index contributed by atoms with van der Waals surface area (Å²) in [5, 5.41) is 0. The normalized spacial score (nSPS) is 13.8. The van der Waals surface area contributed by atoms with Gasteiger partial charge in [-0.1, -0.05) is 6.07 Å². The molecule has 0 spiro atoms. The van der Waals surface area contributed by atoms with Crippen LogP contribution in [0.5, 0.6) is 11.5 Å². The molecule has 1 amide bonds. The monoisotopic (exact) mass is 252 g/mol. The standard InChI is InChI=1S/C13H20N2O3/c1-8(14)6-10-4-5-11(12(7-10)17-3)18-9(2)13(15)16/h4-5,7-9H,6,14H2,1-3H3,(H2,15,16). The average Bonchev–Trinajstić information content (AvgIpc) is 2.30. The second kappa shape index (κ2) is 6.26. The highest BCUT2D eigenvalue weighted by atomic mass is 16.5. The summed E-state index contributed by atoms with van der Waals surface area (Å²) in [5.74, 6) is 0.551. The van der Waals surface area contributed by atoms with Crippen molar-refractivity contribution in [3.05, 3.63) is 23.8 Å². The fourth-order valence-electron chi connectivity index (χ4n) is 1.56. The number of hydrogen-bond acceptors (Lipinski definition) is 4. The molecule has 0 aliphatic carbocycles. The van der Waals surface area contributed by atoms with Crippen LogP contribution in [0.3, 0.4) is 0 Å². The van der Waals surface area contributed by atoms with Gasteiger partial charge in [-0.3, -0.25) is 4.79 Å². The van der Waals surface area contributed by atoms with Crippen LogP contribution in [0.15, 0.2) is 18.2 Å². The molecule has 2 atom stereocenters. The molecule has 0 bridgehead atoms. The predicted octanol–water partition coefficient (Wildman–Crippen LogP) is 0.838. The molecule has 0 saturated heterocycles. The van der Waals surface area contributed by atoms with Gasteiger partial charge < -0.3 is 20.9 Å². The van der Waals surface area contributed by atoms with E-state index in [1.807, 2.05) is 19.1 Å². The van der Waals surface area contributed by atoms with Gasteiger partial charge in [-0.2, -0.15) is 0 Å². The summed E-state index contributed by atoms with van der Waals surface area (Å²) < 4.78 is 10.7. The minimum Gasteiger partial charge on any atom is -0.493 e. The fourth-order valence-corrected chi connectivity index (χ4v) is 1.56. The van der Waals surface area contributed by atoms with E-state index in [4.69, 9.17) is 20.9 Å². The van der Waals surface area contributed by atoms with Crippen LogP contribution in [0.25, 0.3) is 0 Å². The van der Waals surface area contributed by atoms with E-state index in [9.17, 15) is 4.79 Å². The topological polar surface area (TPSA) is 87.6 Å². The summed E-state index contributed by atoms with van der Waals surface area (Å²) in [6.45, 7) is 3.53. The molecule has 2 unspecified atom stereocenters. The first kappa shape index (κ1) is 14.3. The maximum absolute atomic E-state index is 11.0. The number of benzene rings is 1. The van der Waals surface area contributed by atoms with Gasteiger partial charge >= 0.3 is 0 Å². The highest BCUT2D eigenvalue weighted by Crippen LogP contribution is 2.29. The summed E-state index contributed by atoms with van der Waals surface area (Å²) in [6.07, 6.45) is 0.0559. The summed E-state index contributed by atoms with van der Waals surface area (Å²) in [6, 6.07) is 5.59. The molecule has 0 aliphatic rings. The molecule has 100 valence electrons. The Morgan fingerprint density at radius 3 is 2.50 bits per heavy atom. The van der Waals surface area contributed by atoms with Crippen LogP contribution in [0.1, 0.15) is 19.4 Å². The minimum atomic E-state index is -0.696.